The summed E-state index contributed by atoms with van der Waals surface area (Å²) in [4.78, 5) is 14.6. The molecule has 0 fully saturated rings. The summed E-state index contributed by atoms with van der Waals surface area (Å²) < 4.78 is 136. The number of unbranched alkanes of at least 4 members (excludes halogenated alkanes) is 2. The van der Waals surface area contributed by atoms with Gasteiger partial charge in [0.05, 0.1) is 31.1 Å². The van der Waals surface area contributed by atoms with Gasteiger partial charge in [0.15, 0.2) is 5.71 Å². The van der Waals surface area contributed by atoms with Crippen LogP contribution in [0, 0.1) is 0 Å². The average molecular weight is 960 g/mol. The molecule has 2 aromatic carbocycles. The third-order valence-electron chi connectivity index (χ3n) is 11.4. The molecule has 2 aliphatic heterocycles. The Morgan fingerprint density at radius 3 is 1.87 bits per heavy atom. The Labute approximate surface area is 372 Å². The molecule has 2 aliphatic rings. The molecule has 1 atom stereocenters. The van der Waals surface area contributed by atoms with E-state index in [2.05, 4.69) is 25.7 Å². The summed E-state index contributed by atoms with van der Waals surface area (Å²) in [5, 5.41) is 9.09. The molecule has 4 rings (SSSR count). The van der Waals surface area contributed by atoms with Crippen LogP contribution in [0.15, 0.2) is 82.3 Å². The highest BCUT2D eigenvalue weighted by molar-refractivity contribution is 7.86. The second kappa shape index (κ2) is 21.9. The molecular formula is C42H61N3O14S4. The highest BCUT2D eigenvalue weighted by atomic mass is 32.2. The molecule has 0 aromatic heterocycles. The van der Waals surface area contributed by atoms with Crippen molar-refractivity contribution in [3.05, 3.63) is 83.6 Å². The normalized spacial score (nSPS) is 18.4. The zero-order valence-electron chi connectivity index (χ0n) is 36.6. The van der Waals surface area contributed by atoms with Gasteiger partial charge >= 0.3 is 5.97 Å². The van der Waals surface area contributed by atoms with Crippen molar-refractivity contribution in [1.29, 1.82) is 0 Å². The minimum Gasteiger partial charge on any atom is -0.748 e. The summed E-state index contributed by atoms with van der Waals surface area (Å²) >= 11 is 0. The second-order valence-electron chi connectivity index (χ2n) is 16.1. The van der Waals surface area contributed by atoms with Crippen LogP contribution in [0.1, 0.15) is 97.6 Å². The minimum atomic E-state index is -4.61. The van der Waals surface area contributed by atoms with Gasteiger partial charge in [0, 0.05) is 59.6 Å². The van der Waals surface area contributed by atoms with Crippen molar-refractivity contribution in [1.82, 2.24) is 4.90 Å². The van der Waals surface area contributed by atoms with E-state index in [0.29, 0.717) is 59.6 Å². The fourth-order valence-corrected chi connectivity index (χ4v) is 10.0. The smallest absolute Gasteiger partial charge is 0.303 e. The average Bonchev–Trinajstić information content (AvgIpc) is 3.52. The lowest BCUT2D eigenvalue weighted by molar-refractivity contribution is -0.437. The quantitative estimate of drug-likeness (QED) is 0.0461. The number of carboxylic acid groups (broad SMARTS) is 1. The predicted molar refractivity (Wildman–Crippen MR) is 241 cm³/mol. The molecular weight excluding hydrogens is 899 g/mol. The van der Waals surface area contributed by atoms with Gasteiger partial charge in [0.1, 0.15) is 6.54 Å². The van der Waals surface area contributed by atoms with Gasteiger partial charge in [-0.15, -0.1) is 0 Å². The zero-order valence-corrected chi connectivity index (χ0v) is 39.9. The first-order valence-corrected chi connectivity index (χ1v) is 26.7. The van der Waals surface area contributed by atoms with Crippen LogP contribution in [0.2, 0.25) is 0 Å². The van der Waals surface area contributed by atoms with Crippen molar-refractivity contribution < 1.29 is 66.4 Å². The molecule has 352 valence electrons. The second-order valence-corrected chi connectivity index (χ2v) is 22.0. The van der Waals surface area contributed by atoms with Crippen molar-refractivity contribution in [3.8, 4) is 0 Å². The number of hydrogen-bond donors (Lipinski definition) is 4. The van der Waals surface area contributed by atoms with Gasteiger partial charge in [-0.1, -0.05) is 51.8 Å². The third-order valence-corrected chi connectivity index (χ3v) is 14.7. The maximum Gasteiger partial charge on any atom is 0.303 e. The molecule has 63 heavy (non-hydrogen) atoms. The number of carbonyl (C=O) groups is 1. The van der Waals surface area contributed by atoms with Gasteiger partial charge in [-0.05, 0) is 102 Å². The molecule has 2 aromatic rings. The van der Waals surface area contributed by atoms with E-state index in [1.807, 2.05) is 20.8 Å². The fourth-order valence-electron chi connectivity index (χ4n) is 8.02. The van der Waals surface area contributed by atoms with Gasteiger partial charge in [-0.3, -0.25) is 18.5 Å². The first-order valence-electron chi connectivity index (χ1n) is 20.7. The molecule has 17 nitrogen and oxygen atoms in total. The summed E-state index contributed by atoms with van der Waals surface area (Å²) in [5.74, 6) is -2.11. The molecule has 0 spiro atoms. The van der Waals surface area contributed by atoms with Crippen LogP contribution < -0.4 is 4.90 Å². The lowest BCUT2D eigenvalue weighted by Gasteiger charge is -2.30. The van der Waals surface area contributed by atoms with E-state index >= 15 is 0 Å². The van der Waals surface area contributed by atoms with E-state index in [1.54, 1.807) is 39.9 Å². The zero-order chi connectivity index (χ0) is 47.6. The Balaban J connectivity index is 0.00000139. The molecule has 2 heterocycles. The summed E-state index contributed by atoms with van der Waals surface area (Å²) in [7, 11) is -18.0. The van der Waals surface area contributed by atoms with Gasteiger partial charge in [-0.25, -0.2) is 8.42 Å². The van der Waals surface area contributed by atoms with Crippen LogP contribution in [0.25, 0.3) is 0 Å². The van der Waals surface area contributed by atoms with E-state index < -0.39 is 68.8 Å². The number of benzene rings is 2. The van der Waals surface area contributed by atoms with Crippen LogP contribution in [-0.4, -0.2) is 122 Å². The Kier molecular flexibility index (Phi) is 18.6. The SMILES string of the molecule is CC1(C)C(/C=C/C=C/C=C2\N(CCCS(=O)(=O)[O-])c3ccc(S(=O)(=O)O)cc3C2(C)CCCCCC(=O)O)=[N+](CCCS(=O)(=O)O)c2ccc(S(=O)(=O)O)cc21.CCN(CC)CC. The summed E-state index contributed by atoms with van der Waals surface area (Å²) in [5.41, 5.74) is 1.70. The molecule has 0 amide bonds. The monoisotopic (exact) mass is 959 g/mol. The molecule has 1 unspecified atom stereocenters. The summed E-state index contributed by atoms with van der Waals surface area (Å²) in [6.07, 6.45) is 10.4. The van der Waals surface area contributed by atoms with Crippen molar-refractivity contribution in [2.75, 3.05) is 49.1 Å². The van der Waals surface area contributed by atoms with Crippen LogP contribution >= 0.6 is 0 Å². The van der Waals surface area contributed by atoms with Crippen LogP contribution in [0.4, 0.5) is 11.4 Å². The first kappa shape index (κ1) is 53.5. The van der Waals surface area contributed by atoms with Gasteiger partial charge < -0.3 is 19.5 Å². The molecule has 0 saturated heterocycles. The highest BCUT2D eigenvalue weighted by Gasteiger charge is 2.45. The Bertz CT molecular complexity index is 2540. The number of aliphatic carboxylic acids is 1. The van der Waals surface area contributed by atoms with Crippen molar-refractivity contribution in [3.63, 3.8) is 0 Å². The lowest BCUT2D eigenvalue weighted by Crippen LogP contribution is -2.30. The highest BCUT2D eigenvalue weighted by Crippen LogP contribution is 2.51. The molecule has 0 bridgehead atoms. The van der Waals surface area contributed by atoms with E-state index in [9.17, 15) is 56.7 Å². The molecule has 0 aliphatic carbocycles. The Morgan fingerprint density at radius 2 is 1.35 bits per heavy atom. The number of anilines is 1. The number of carboxylic acids is 1. The largest absolute Gasteiger partial charge is 0.748 e. The molecule has 4 N–H and O–H groups in total. The van der Waals surface area contributed by atoms with Crippen LogP contribution in [0.5, 0.6) is 0 Å². The number of rotatable bonds is 22. The van der Waals surface area contributed by atoms with Crippen molar-refractivity contribution in [2.45, 2.75) is 107 Å². The topological polar surface area (TPSA) is 267 Å². The summed E-state index contributed by atoms with van der Waals surface area (Å²) in [6, 6.07) is 8.16. The van der Waals surface area contributed by atoms with Gasteiger partial charge in [-0.2, -0.15) is 29.8 Å². The fraction of sp³-hybridized carbons (Fsp3) is 0.524. The predicted octanol–water partition coefficient (Wildman–Crippen LogP) is 5.93. The van der Waals surface area contributed by atoms with E-state index in [0.717, 1.165) is 0 Å². The van der Waals surface area contributed by atoms with Crippen LogP contribution in [-0.2, 0) is 56.1 Å². The first-order chi connectivity index (χ1) is 29.1. The standard InChI is InChI=1S/C36H46N2O14S4.C6H15N/c1-35(2)28-24-26(55(47,48)49)15-17-30(28)37(20-10-22-53(41,42)43)32(35)12-6-4-7-13-33-36(3,19-9-5-8-14-34(39)40)29-25-27(56(50,51)52)16-18-31(29)38(33)21-11-23-54(44,45)46;1-4-7(5-2)6-3/h4,6-7,12-13,15-18,24-25H,5,8-11,14,19-23H2,1-3H3,(H4-,39,40,41,42,43,44,45,46,47,48,49,50,51,52);4-6H2,1-3H3. The molecule has 0 radical (unpaired) electrons. The van der Waals surface area contributed by atoms with E-state index in [1.165, 1.54) is 56.0 Å². The number of allylic oxidation sites excluding steroid dienone is 6. The number of fused-ring (bicyclic) bond motifs is 2. The van der Waals surface area contributed by atoms with Crippen molar-refractivity contribution in [2.24, 2.45) is 0 Å². The van der Waals surface area contributed by atoms with Crippen molar-refractivity contribution >= 4 is 63.5 Å². The van der Waals surface area contributed by atoms with Gasteiger partial charge in [0.25, 0.3) is 30.4 Å². The van der Waals surface area contributed by atoms with E-state index in [4.69, 9.17) is 5.11 Å². The van der Waals surface area contributed by atoms with Gasteiger partial charge in [0.2, 0.25) is 5.69 Å². The maximum atomic E-state index is 12.2. The Morgan fingerprint density at radius 1 is 0.762 bits per heavy atom. The maximum absolute atomic E-state index is 12.2. The minimum absolute atomic E-state index is 0.0334. The van der Waals surface area contributed by atoms with Crippen LogP contribution in [0.3, 0.4) is 0 Å². The molecule has 0 saturated carbocycles. The van der Waals surface area contributed by atoms with E-state index in [-0.39, 0.29) is 42.1 Å². The third kappa shape index (κ3) is 14.9. The lowest BCUT2D eigenvalue weighted by atomic mass is 9.77. The summed E-state index contributed by atoms with van der Waals surface area (Å²) in [6.45, 7) is 15.8. The number of nitrogens with zero attached hydrogens (tertiary/aromatic N) is 3. The Hall–Kier alpha value is -3.80. The molecule has 21 heteroatoms. The number of hydrogen-bond acceptors (Lipinski definition) is 12.